The van der Waals surface area contributed by atoms with Crippen molar-refractivity contribution in [2.24, 2.45) is 0 Å². The van der Waals surface area contributed by atoms with E-state index in [1.807, 2.05) is 24.3 Å². The maximum Gasteiger partial charge on any atom is 0.241 e. The molecule has 1 atom stereocenters. The van der Waals surface area contributed by atoms with E-state index in [1.54, 1.807) is 0 Å². The largest absolute Gasteiger partial charge is 0.343 e. The third kappa shape index (κ3) is 2.71. The molecule has 120 valence electrons. The number of hydrogen-bond acceptors (Lipinski definition) is 4. The average molecular weight is 310 g/mol. The van der Waals surface area contributed by atoms with Gasteiger partial charge in [0.1, 0.15) is 6.04 Å². The van der Waals surface area contributed by atoms with E-state index in [9.17, 15) is 4.79 Å². The summed E-state index contributed by atoms with van der Waals surface area (Å²) in [7, 11) is 1.91. The molecule has 0 bridgehead atoms. The van der Waals surface area contributed by atoms with Crippen LogP contribution in [0.25, 0.3) is 10.8 Å². The van der Waals surface area contributed by atoms with Gasteiger partial charge in [-0.2, -0.15) is 0 Å². The van der Waals surface area contributed by atoms with Gasteiger partial charge >= 0.3 is 0 Å². The van der Waals surface area contributed by atoms with Gasteiger partial charge in [-0.25, -0.2) is 0 Å². The molecule has 0 radical (unpaired) electrons. The third-order valence-electron chi connectivity index (χ3n) is 5.12. The Hall–Kier alpha value is -1.98. The van der Waals surface area contributed by atoms with E-state index in [0.29, 0.717) is 0 Å². The number of carbonyl (C=O) groups excluding carboxylic acids is 1. The van der Waals surface area contributed by atoms with Gasteiger partial charge < -0.3 is 4.90 Å². The molecular weight excluding hydrogens is 288 g/mol. The van der Waals surface area contributed by atoms with Crippen LogP contribution in [0.1, 0.15) is 5.56 Å². The van der Waals surface area contributed by atoms with Crippen LogP contribution in [0.15, 0.2) is 36.7 Å². The van der Waals surface area contributed by atoms with Crippen LogP contribution in [0.3, 0.4) is 0 Å². The number of amides is 1. The van der Waals surface area contributed by atoms with E-state index < -0.39 is 0 Å². The summed E-state index contributed by atoms with van der Waals surface area (Å²) >= 11 is 0. The number of piperazine rings is 2. The molecule has 0 saturated carbocycles. The van der Waals surface area contributed by atoms with Crippen molar-refractivity contribution in [2.75, 3.05) is 39.8 Å². The standard InChI is InChI=1S/C18H22N4O/c1-20-7-9-22-10-8-21(13-17(22)18(20)23)12-15-4-2-3-14-11-19-6-5-16(14)15/h2-6,11,17H,7-10,12-13H2,1H3. The molecule has 5 nitrogen and oxygen atoms in total. The lowest BCUT2D eigenvalue weighted by atomic mass is 10.0. The van der Waals surface area contributed by atoms with Crippen molar-refractivity contribution in [3.8, 4) is 0 Å². The molecule has 2 aromatic rings. The fourth-order valence-corrected chi connectivity index (χ4v) is 3.73. The van der Waals surface area contributed by atoms with E-state index >= 15 is 0 Å². The van der Waals surface area contributed by atoms with Crippen molar-refractivity contribution in [1.82, 2.24) is 19.7 Å². The second-order valence-corrected chi connectivity index (χ2v) is 6.56. The highest BCUT2D eigenvalue weighted by Gasteiger charge is 2.37. The zero-order chi connectivity index (χ0) is 15.8. The van der Waals surface area contributed by atoms with Gasteiger partial charge in [0.15, 0.2) is 0 Å². The molecule has 5 heteroatoms. The molecule has 1 aromatic carbocycles. The molecule has 23 heavy (non-hydrogen) atoms. The van der Waals surface area contributed by atoms with Gasteiger partial charge in [0.05, 0.1) is 0 Å². The Kier molecular flexibility index (Phi) is 3.75. The van der Waals surface area contributed by atoms with Crippen molar-refractivity contribution < 1.29 is 4.79 Å². The van der Waals surface area contributed by atoms with Crippen molar-refractivity contribution in [3.05, 3.63) is 42.2 Å². The first-order chi connectivity index (χ1) is 11.2. The van der Waals surface area contributed by atoms with Crippen LogP contribution >= 0.6 is 0 Å². The van der Waals surface area contributed by atoms with Gasteiger partial charge in [-0.1, -0.05) is 18.2 Å². The van der Waals surface area contributed by atoms with Gasteiger partial charge in [-0.05, 0) is 17.0 Å². The Labute approximate surface area is 136 Å². The van der Waals surface area contributed by atoms with Gasteiger partial charge in [0.2, 0.25) is 5.91 Å². The van der Waals surface area contributed by atoms with E-state index in [4.69, 9.17) is 0 Å². The Bertz CT molecular complexity index is 727. The number of hydrogen-bond donors (Lipinski definition) is 0. The molecule has 4 rings (SSSR count). The SMILES string of the molecule is CN1CCN2CCN(Cc3cccc4cnccc34)CC2C1=O. The second-order valence-electron chi connectivity index (χ2n) is 6.56. The van der Waals surface area contributed by atoms with E-state index in [0.717, 1.165) is 39.3 Å². The molecule has 2 saturated heterocycles. The minimum Gasteiger partial charge on any atom is -0.343 e. The van der Waals surface area contributed by atoms with E-state index in [2.05, 4.69) is 39.0 Å². The number of pyridine rings is 1. The summed E-state index contributed by atoms with van der Waals surface area (Å²) < 4.78 is 0. The van der Waals surface area contributed by atoms with Gasteiger partial charge in [-0.15, -0.1) is 0 Å². The predicted octanol–water partition coefficient (Wildman–Crippen LogP) is 1.19. The molecule has 1 aromatic heterocycles. The molecule has 1 unspecified atom stereocenters. The molecule has 0 N–H and O–H groups in total. The summed E-state index contributed by atoms with van der Waals surface area (Å²) in [6, 6.07) is 8.49. The van der Waals surface area contributed by atoms with Crippen LogP contribution in [0.2, 0.25) is 0 Å². The minimum atomic E-state index is 0.0270. The number of nitrogens with zero attached hydrogens (tertiary/aromatic N) is 4. The van der Waals surface area contributed by atoms with Crippen LogP contribution in [-0.2, 0) is 11.3 Å². The summed E-state index contributed by atoms with van der Waals surface area (Å²) in [5.41, 5.74) is 1.31. The van der Waals surface area contributed by atoms with E-state index in [1.165, 1.54) is 16.3 Å². The Morgan fingerprint density at radius 1 is 1.17 bits per heavy atom. The Balaban J connectivity index is 1.54. The summed E-state index contributed by atoms with van der Waals surface area (Å²) in [5, 5.41) is 2.44. The van der Waals surface area contributed by atoms with Crippen LogP contribution in [0, 0.1) is 0 Å². The van der Waals surface area contributed by atoms with Crippen LogP contribution in [0.4, 0.5) is 0 Å². The minimum absolute atomic E-state index is 0.0270. The smallest absolute Gasteiger partial charge is 0.241 e. The molecule has 3 heterocycles. The second kappa shape index (κ2) is 5.91. The maximum absolute atomic E-state index is 12.4. The third-order valence-corrected chi connectivity index (χ3v) is 5.12. The highest BCUT2D eigenvalue weighted by Crippen LogP contribution is 2.22. The number of likely N-dealkylation sites (N-methyl/N-ethyl adjacent to an activating group) is 1. The van der Waals surface area contributed by atoms with Gasteiger partial charge in [0.25, 0.3) is 0 Å². The highest BCUT2D eigenvalue weighted by molar-refractivity contribution is 5.85. The van der Waals surface area contributed by atoms with Crippen molar-refractivity contribution in [1.29, 1.82) is 0 Å². The Morgan fingerprint density at radius 3 is 2.96 bits per heavy atom. The first kappa shape index (κ1) is 14.6. The topological polar surface area (TPSA) is 39.7 Å². The molecule has 2 fully saturated rings. The fraction of sp³-hybridized carbons (Fsp3) is 0.444. The molecule has 2 aliphatic heterocycles. The number of benzene rings is 1. The summed E-state index contributed by atoms with van der Waals surface area (Å²) in [4.78, 5) is 23.2. The lowest BCUT2D eigenvalue weighted by Gasteiger charge is -2.45. The Morgan fingerprint density at radius 2 is 2.04 bits per heavy atom. The van der Waals surface area contributed by atoms with Crippen molar-refractivity contribution in [3.63, 3.8) is 0 Å². The molecule has 0 aliphatic carbocycles. The average Bonchev–Trinajstić information content (AvgIpc) is 2.59. The van der Waals surface area contributed by atoms with Gasteiger partial charge in [-0.3, -0.25) is 19.6 Å². The highest BCUT2D eigenvalue weighted by atomic mass is 16.2. The first-order valence-corrected chi connectivity index (χ1v) is 8.25. The normalized spacial score (nSPS) is 23.3. The first-order valence-electron chi connectivity index (χ1n) is 8.25. The van der Waals surface area contributed by atoms with Crippen LogP contribution in [-0.4, -0.2) is 71.4 Å². The molecule has 0 spiro atoms. The number of rotatable bonds is 2. The fourth-order valence-electron chi connectivity index (χ4n) is 3.73. The van der Waals surface area contributed by atoms with E-state index in [-0.39, 0.29) is 11.9 Å². The van der Waals surface area contributed by atoms with Crippen LogP contribution < -0.4 is 0 Å². The monoisotopic (exact) mass is 310 g/mol. The summed E-state index contributed by atoms with van der Waals surface area (Å²) in [5.74, 6) is 0.267. The zero-order valence-corrected chi connectivity index (χ0v) is 13.5. The van der Waals surface area contributed by atoms with Crippen molar-refractivity contribution >= 4 is 16.7 Å². The maximum atomic E-state index is 12.4. The number of fused-ring (bicyclic) bond motifs is 2. The molecule has 2 aliphatic rings. The molecular formula is C18H22N4O. The lowest BCUT2D eigenvalue weighted by molar-refractivity contribution is -0.143. The number of aromatic nitrogens is 1. The quantitative estimate of drug-likeness (QED) is 0.835. The predicted molar refractivity (Wildman–Crippen MR) is 90.0 cm³/mol. The van der Waals surface area contributed by atoms with Gasteiger partial charge in [0, 0.05) is 64.1 Å². The lowest BCUT2D eigenvalue weighted by Crippen LogP contribution is -2.63. The molecule has 1 amide bonds. The summed E-state index contributed by atoms with van der Waals surface area (Å²) in [6.45, 7) is 5.57. The summed E-state index contributed by atoms with van der Waals surface area (Å²) in [6.07, 6.45) is 3.76. The number of carbonyl (C=O) groups is 1. The zero-order valence-electron chi connectivity index (χ0n) is 13.5. The van der Waals surface area contributed by atoms with Crippen LogP contribution in [0.5, 0.6) is 0 Å². The van der Waals surface area contributed by atoms with Crippen molar-refractivity contribution in [2.45, 2.75) is 12.6 Å².